The number of benzene rings is 4. The Morgan fingerprint density at radius 3 is 1.93 bits per heavy atom. The van der Waals surface area contributed by atoms with E-state index in [1.54, 1.807) is 0 Å². The van der Waals surface area contributed by atoms with Crippen LogP contribution in [-0.2, 0) is 20.4 Å². The molecule has 6 rings (SSSR count). The van der Waals surface area contributed by atoms with Crippen LogP contribution in [0.2, 0.25) is 0 Å². The summed E-state index contributed by atoms with van der Waals surface area (Å²) < 4.78 is 12.0. The minimum absolute atomic E-state index is 0.165. The van der Waals surface area contributed by atoms with Gasteiger partial charge < -0.3 is 9.47 Å². The molecule has 41 heavy (non-hydrogen) atoms. The first-order chi connectivity index (χ1) is 20.1. The van der Waals surface area contributed by atoms with E-state index in [0.717, 1.165) is 18.4 Å². The van der Waals surface area contributed by atoms with Crippen molar-refractivity contribution in [1.82, 2.24) is 0 Å². The molecule has 2 aliphatic carbocycles. The molecule has 4 atom stereocenters. The molecule has 0 aliphatic heterocycles. The Labute approximate surface area is 245 Å². The number of carbonyl (C=O) groups excluding carboxylic acids is 1. The SMILES string of the molecule is CC(C#Cc1ccccc1)(OC(=O)COc1ccc([S+](c2ccccc2)c2ccccc2)cc1)C1CC2C=CC1C2. The van der Waals surface area contributed by atoms with Crippen molar-refractivity contribution in [2.24, 2.45) is 17.8 Å². The minimum atomic E-state index is -0.885. The molecule has 0 amide bonds. The predicted molar refractivity (Wildman–Crippen MR) is 164 cm³/mol. The molecule has 204 valence electrons. The van der Waals surface area contributed by atoms with Crippen molar-refractivity contribution >= 4 is 16.9 Å². The highest BCUT2D eigenvalue weighted by molar-refractivity contribution is 7.97. The monoisotopic (exact) mass is 557 g/mol. The average molecular weight is 558 g/mol. The zero-order valence-corrected chi connectivity index (χ0v) is 23.9. The lowest BCUT2D eigenvalue weighted by atomic mass is 9.79. The van der Waals surface area contributed by atoms with Crippen molar-refractivity contribution in [3.63, 3.8) is 0 Å². The van der Waals surface area contributed by atoms with E-state index in [4.69, 9.17) is 9.47 Å². The van der Waals surface area contributed by atoms with Crippen LogP contribution in [0.25, 0.3) is 0 Å². The Morgan fingerprint density at radius 1 is 0.780 bits per heavy atom. The smallest absolute Gasteiger partial charge is 0.345 e. The Kier molecular flexibility index (Phi) is 7.98. The van der Waals surface area contributed by atoms with Crippen molar-refractivity contribution in [3.05, 3.63) is 133 Å². The highest BCUT2D eigenvalue weighted by Crippen LogP contribution is 2.49. The fraction of sp³-hybridized carbons (Fsp3) is 0.216. The number of hydrogen-bond donors (Lipinski definition) is 0. The highest BCUT2D eigenvalue weighted by atomic mass is 32.2. The summed E-state index contributed by atoms with van der Waals surface area (Å²) in [7, 11) is -0.238. The fourth-order valence-corrected chi connectivity index (χ4v) is 8.01. The van der Waals surface area contributed by atoms with Crippen LogP contribution in [0, 0.1) is 29.6 Å². The molecule has 2 bridgehead atoms. The first-order valence-corrected chi connectivity index (χ1v) is 15.4. The van der Waals surface area contributed by atoms with E-state index in [1.165, 1.54) is 14.7 Å². The zero-order chi connectivity index (χ0) is 28.1. The van der Waals surface area contributed by atoms with Crippen LogP contribution in [0.4, 0.5) is 0 Å². The van der Waals surface area contributed by atoms with Gasteiger partial charge in [-0.2, -0.15) is 0 Å². The van der Waals surface area contributed by atoms with Crippen molar-refractivity contribution in [2.75, 3.05) is 6.61 Å². The third-order valence-electron chi connectivity index (χ3n) is 7.92. The number of carbonyl (C=O) groups is 1. The van der Waals surface area contributed by atoms with Crippen molar-refractivity contribution in [3.8, 4) is 17.6 Å². The number of fused-ring (bicyclic) bond motifs is 2. The molecule has 0 spiro atoms. The lowest BCUT2D eigenvalue weighted by molar-refractivity contribution is -0.160. The zero-order valence-electron chi connectivity index (χ0n) is 23.1. The number of rotatable bonds is 8. The van der Waals surface area contributed by atoms with Crippen LogP contribution in [0.1, 0.15) is 25.3 Å². The summed E-state index contributed by atoms with van der Waals surface area (Å²) in [4.78, 5) is 16.8. The van der Waals surface area contributed by atoms with Crippen molar-refractivity contribution in [1.29, 1.82) is 0 Å². The molecule has 0 radical (unpaired) electrons. The van der Waals surface area contributed by atoms with Gasteiger partial charge in [0, 0.05) is 11.5 Å². The predicted octanol–water partition coefficient (Wildman–Crippen LogP) is 7.73. The molecular formula is C37H33O3S+. The third kappa shape index (κ3) is 6.26. The number of esters is 1. The summed E-state index contributed by atoms with van der Waals surface area (Å²) >= 11 is 0. The summed E-state index contributed by atoms with van der Waals surface area (Å²) in [6.45, 7) is 1.80. The van der Waals surface area contributed by atoms with Gasteiger partial charge in [0.05, 0.1) is 10.9 Å². The lowest BCUT2D eigenvalue weighted by Gasteiger charge is -2.34. The minimum Gasteiger partial charge on any atom is -0.482 e. The summed E-state index contributed by atoms with van der Waals surface area (Å²) in [6, 6.07) is 38.9. The average Bonchev–Trinajstić information content (AvgIpc) is 3.66. The summed E-state index contributed by atoms with van der Waals surface area (Å²) in [6.07, 6.45) is 6.66. The van der Waals surface area contributed by atoms with E-state index in [9.17, 15) is 4.79 Å². The van der Waals surface area contributed by atoms with Gasteiger partial charge >= 0.3 is 5.97 Å². The molecule has 0 saturated heterocycles. The Morgan fingerprint density at radius 2 is 1.37 bits per heavy atom. The van der Waals surface area contributed by atoms with E-state index in [1.807, 2.05) is 61.5 Å². The second-order valence-electron chi connectivity index (χ2n) is 10.8. The highest BCUT2D eigenvalue weighted by Gasteiger charge is 2.48. The van der Waals surface area contributed by atoms with Gasteiger partial charge in [0.25, 0.3) is 0 Å². The quantitative estimate of drug-likeness (QED) is 0.0963. The van der Waals surface area contributed by atoms with Crippen LogP contribution >= 0.6 is 0 Å². The van der Waals surface area contributed by atoms with E-state index in [0.29, 0.717) is 17.6 Å². The standard InChI is InChI=1S/C37H33O3S/c1-37(24-23-28-11-5-2-6-12-28,35-26-29-17-18-30(35)25-29)40-36(38)27-39-31-19-21-34(22-20-31)41(32-13-7-3-8-14-32)33-15-9-4-10-16-33/h2-22,29-30,35H,25-27H2,1H3/q+1. The van der Waals surface area contributed by atoms with Gasteiger partial charge in [-0.25, -0.2) is 4.79 Å². The van der Waals surface area contributed by atoms with Crippen LogP contribution in [0.15, 0.2) is 142 Å². The fourth-order valence-electron chi connectivity index (χ4n) is 5.93. The number of hydrogen-bond acceptors (Lipinski definition) is 3. The van der Waals surface area contributed by atoms with Gasteiger partial charge in [0.15, 0.2) is 26.9 Å². The summed E-state index contributed by atoms with van der Waals surface area (Å²) in [5, 5.41) is 0. The maximum atomic E-state index is 13.1. The van der Waals surface area contributed by atoms with Crippen LogP contribution in [-0.4, -0.2) is 18.2 Å². The third-order valence-corrected chi connectivity index (χ3v) is 10.1. The maximum absolute atomic E-state index is 13.1. The first-order valence-electron chi connectivity index (χ1n) is 14.1. The molecule has 1 saturated carbocycles. The number of ether oxygens (including phenoxy) is 2. The molecule has 0 aromatic heterocycles. The summed E-state index contributed by atoms with van der Waals surface area (Å²) in [5.41, 5.74) is 0.0270. The largest absolute Gasteiger partial charge is 0.482 e. The molecule has 4 aromatic rings. The molecule has 0 N–H and O–H groups in total. The van der Waals surface area contributed by atoms with Crippen LogP contribution < -0.4 is 4.74 Å². The lowest BCUT2D eigenvalue weighted by Crippen LogP contribution is -2.41. The first kappa shape index (κ1) is 27.0. The van der Waals surface area contributed by atoms with Gasteiger partial charge in [0.1, 0.15) is 5.75 Å². The molecule has 2 aliphatic rings. The Hall–Kier alpha value is -4.20. The molecular weight excluding hydrogens is 524 g/mol. The topological polar surface area (TPSA) is 35.5 Å². The van der Waals surface area contributed by atoms with Crippen molar-refractivity contribution < 1.29 is 14.3 Å². The van der Waals surface area contributed by atoms with Crippen LogP contribution in [0.5, 0.6) is 5.75 Å². The van der Waals surface area contributed by atoms with Gasteiger partial charge in [0.2, 0.25) is 0 Å². The van der Waals surface area contributed by atoms with Gasteiger partial charge in [-0.15, -0.1) is 0 Å². The van der Waals surface area contributed by atoms with Gasteiger partial charge in [-0.3, -0.25) is 0 Å². The van der Waals surface area contributed by atoms with Gasteiger partial charge in [-0.1, -0.05) is 72.7 Å². The Balaban J connectivity index is 1.15. The van der Waals surface area contributed by atoms with Crippen LogP contribution in [0.3, 0.4) is 0 Å². The molecule has 3 nitrogen and oxygen atoms in total. The van der Waals surface area contributed by atoms with E-state index in [2.05, 4.69) is 84.7 Å². The molecule has 4 heteroatoms. The van der Waals surface area contributed by atoms with Crippen molar-refractivity contribution in [2.45, 2.75) is 40.1 Å². The molecule has 0 heterocycles. The summed E-state index contributed by atoms with van der Waals surface area (Å²) in [5.74, 6) is 7.93. The second kappa shape index (κ2) is 12.1. The number of allylic oxidation sites excluding steroid dienone is 2. The molecule has 1 fully saturated rings. The molecule has 4 unspecified atom stereocenters. The Bertz CT molecular complexity index is 1520. The molecule has 4 aromatic carbocycles. The second-order valence-corrected chi connectivity index (χ2v) is 12.8. The van der Waals surface area contributed by atoms with E-state index < -0.39 is 11.6 Å². The van der Waals surface area contributed by atoms with E-state index >= 15 is 0 Å². The normalized spacial score (nSPS) is 20.2. The van der Waals surface area contributed by atoms with Gasteiger partial charge in [-0.05, 0) is 98.2 Å². The van der Waals surface area contributed by atoms with E-state index in [-0.39, 0.29) is 23.4 Å². The maximum Gasteiger partial charge on any atom is 0.345 e.